The first kappa shape index (κ1) is 53.7. The van der Waals surface area contributed by atoms with Gasteiger partial charge in [0.2, 0.25) is 10.2 Å². The zero-order chi connectivity index (χ0) is 49.8. The van der Waals surface area contributed by atoms with Crippen LogP contribution >= 0.6 is 0 Å². The Balaban J connectivity index is 0.00000143. The summed E-state index contributed by atoms with van der Waals surface area (Å²) in [5, 5.41) is 0. The highest BCUT2D eigenvalue weighted by atomic mass is 32.3. The summed E-state index contributed by atoms with van der Waals surface area (Å²) in [6, 6.07) is -8.81. The van der Waals surface area contributed by atoms with Crippen LogP contribution in [0.4, 0.5) is 105 Å². The average Bonchev–Trinajstić information content (AvgIpc) is 3.08. The van der Waals surface area contributed by atoms with Crippen molar-refractivity contribution in [3.8, 4) is 0 Å². The molecule has 0 unspecified atom stereocenters. The number of halogens is 24. The minimum absolute atomic E-state index is 0.534. The fourth-order valence-corrected chi connectivity index (χ4v) is 6.92. The summed E-state index contributed by atoms with van der Waals surface area (Å²) in [5.41, 5.74) is -30.2. The van der Waals surface area contributed by atoms with Gasteiger partial charge in [0.15, 0.2) is 0 Å². The largest absolute Gasteiger partial charge is 0.416 e. The number of alkyl halides is 24. The van der Waals surface area contributed by atoms with Gasteiger partial charge in [0, 0.05) is 0 Å². The quantitative estimate of drug-likeness (QED) is 0.109. The molecule has 0 atom stereocenters. The monoisotopic (exact) mass is 986 g/mol. The Morgan fingerprint density at radius 3 is 0.562 bits per heavy atom. The minimum Gasteiger partial charge on any atom is -0.194 e. The number of rotatable bonds is 6. The first-order valence-electron chi connectivity index (χ1n) is 16.8. The molecule has 0 saturated carbocycles. The van der Waals surface area contributed by atoms with E-state index in [4.69, 9.17) is 4.18 Å². The van der Waals surface area contributed by atoms with Crippen molar-refractivity contribution in [2.24, 2.45) is 0 Å². The molecule has 0 heterocycles. The van der Waals surface area contributed by atoms with Crippen molar-refractivity contribution in [1.29, 1.82) is 0 Å². The molecule has 0 N–H and O–H groups in total. The number of hydrogen-bond acceptors (Lipinski definition) is 2. The van der Waals surface area contributed by atoms with E-state index in [2.05, 4.69) is 0 Å². The Kier molecular flexibility index (Phi) is 14.5. The molecule has 28 heteroatoms. The van der Waals surface area contributed by atoms with Crippen LogP contribution in [0.5, 0.6) is 0 Å². The third-order valence-corrected chi connectivity index (χ3v) is 9.64. The van der Waals surface area contributed by atoms with Gasteiger partial charge in [-0.15, -0.1) is 0 Å². The lowest BCUT2D eigenvalue weighted by atomic mass is 9.12. The smallest absolute Gasteiger partial charge is 0.194 e. The maximum absolute atomic E-state index is 14.2. The van der Waals surface area contributed by atoms with Crippen LogP contribution in [-0.2, 0) is 68.0 Å². The summed E-state index contributed by atoms with van der Waals surface area (Å²) >= 11 is 0. The van der Waals surface area contributed by atoms with Gasteiger partial charge < -0.3 is 0 Å². The molecule has 4 rings (SSSR count). The number of hydrogen-bond donors (Lipinski definition) is 0. The van der Waals surface area contributed by atoms with Gasteiger partial charge in [-0.2, -0.15) is 131 Å². The van der Waals surface area contributed by atoms with E-state index in [-0.39, 0.29) is 0 Å². The van der Waals surface area contributed by atoms with E-state index in [1.165, 1.54) is 0 Å². The lowest BCUT2D eigenvalue weighted by Gasteiger charge is -2.46. The molecule has 0 bridgehead atoms. The molecule has 4 aromatic rings. The van der Waals surface area contributed by atoms with Crippen LogP contribution in [0.25, 0.3) is 0 Å². The molecular formula is C36H23BF24O2S. The van der Waals surface area contributed by atoms with Crippen LogP contribution < -0.4 is 21.9 Å². The maximum atomic E-state index is 14.2. The Labute approximate surface area is 344 Å². The van der Waals surface area contributed by atoms with Gasteiger partial charge in [-0.1, -0.05) is 52.7 Å². The average molecular weight is 986 g/mol. The summed E-state index contributed by atoms with van der Waals surface area (Å²) < 4.78 is 356. The summed E-state index contributed by atoms with van der Waals surface area (Å²) in [6.45, 7) is 2.36. The van der Waals surface area contributed by atoms with E-state index < -0.39 is 205 Å². The summed E-state index contributed by atoms with van der Waals surface area (Å²) in [7, 11) is -1.92. The second-order valence-electron chi connectivity index (χ2n) is 13.8. The number of benzene rings is 4. The zero-order valence-corrected chi connectivity index (χ0v) is 32.3. The highest BCUT2D eigenvalue weighted by molar-refractivity contribution is 7.97. The van der Waals surface area contributed by atoms with Gasteiger partial charge in [0.1, 0.15) is 25.3 Å². The molecule has 64 heavy (non-hydrogen) atoms. The van der Waals surface area contributed by atoms with E-state index in [1.807, 2.05) is 6.92 Å². The van der Waals surface area contributed by atoms with E-state index in [0.717, 1.165) is 0 Å². The van der Waals surface area contributed by atoms with Crippen LogP contribution in [0.1, 0.15) is 51.4 Å². The van der Waals surface area contributed by atoms with E-state index >= 15 is 0 Å². The third-order valence-electron chi connectivity index (χ3n) is 8.84. The third kappa shape index (κ3) is 12.8. The molecule has 0 saturated heterocycles. The molecule has 0 aromatic heterocycles. The molecule has 0 aliphatic carbocycles. The van der Waals surface area contributed by atoms with Crippen molar-refractivity contribution in [2.75, 3.05) is 19.1 Å². The zero-order valence-electron chi connectivity index (χ0n) is 31.5. The van der Waals surface area contributed by atoms with Crippen LogP contribution in [-0.4, -0.2) is 25.3 Å². The Morgan fingerprint density at radius 2 is 0.484 bits per heavy atom. The topological polar surface area (TPSA) is 26.3 Å². The van der Waals surface area contributed by atoms with Crippen LogP contribution in [0, 0.1) is 0 Å². The molecule has 2 nitrogen and oxygen atoms in total. The van der Waals surface area contributed by atoms with Crippen LogP contribution in [0.3, 0.4) is 0 Å². The molecule has 0 fully saturated rings. The molecule has 0 amide bonds. The normalized spacial score (nSPS) is 14.0. The maximum Gasteiger partial charge on any atom is 0.416 e. The molecule has 0 aliphatic heterocycles. The lowest BCUT2D eigenvalue weighted by molar-refractivity contribution is -0.144. The van der Waals surface area contributed by atoms with E-state index in [9.17, 15) is 110 Å². The fraction of sp³-hybridized carbons (Fsp3) is 0.333. The molecule has 4 aromatic carbocycles. The summed E-state index contributed by atoms with van der Waals surface area (Å²) in [5.74, 6) is 0. The standard InChI is InChI=1S/C32H12BF24.C4H11O2S/c34-25(35,36)13-1-14(26(37,38)39)6-21(5-13)33(22-7-15(27(40,41)42)2-16(8-22)28(43,44)45,23-9-17(29(46,47)48)3-18(10-23)30(49,50)51)24-11-19(31(52,53)54)4-20(12-24)32(55,56)57;1-4-6-7(2,3)5/h1-12H;4H2,1-3H3/q-1;+1. The Morgan fingerprint density at radius 1 is 0.344 bits per heavy atom. The molecule has 0 aliphatic rings. The molecule has 0 spiro atoms. The van der Waals surface area contributed by atoms with Gasteiger partial charge >= 0.3 is 49.4 Å². The lowest BCUT2D eigenvalue weighted by Crippen LogP contribution is -2.75. The van der Waals surface area contributed by atoms with Crippen molar-refractivity contribution in [1.82, 2.24) is 0 Å². The molecule has 0 radical (unpaired) electrons. The van der Waals surface area contributed by atoms with Gasteiger partial charge in [-0.3, -0.25) is 0 Å². The van der Waals surface area contributed by atoms with E-state index in [1.54, 1.807) is 12.5 Å². The highest BCUT2D eigenvalue weighted by Crippen LogP contribution is 2.41. The predicted octanol–water partition coefficient (Wildman–Crippen LogP) is 11.9. The van der Waals surface area contributed by atoms with E-state index in [0.29, 0.717) is 6.61 Å². The molecular weight excluding hydrogens is 963 g/mol. The Bertz CT molecular complexity index is 1920. The van der Waals surface area contributed by atoms with Crippen LogP contribution in [0.15, 0.2) is 72.8 Å². The second-order valence-corrected chi connectivity index (χ2v) is 16.3. The van der Waals surface area contributed by atoms with Gasteiger partial charge in [-0.05, 0) is 31.2 Å². The van der Waals surface area contributed by atoms with Gasteiger partial charge in [-0.25, -0.2) is 0 Å². The summed E-state index contributed by atoms with van der Waals surface area (Å²) in [6.07, 6.45) is -51.6. The summed E-state index contributed by atoms with van der Waals surface area (Å²) in [4.78, 5) is 0. The first-order valence-corrected chi connectivity index (χ1v) is 19.1. The predicted molar refractivity (Wildman–Crippen MR) is 182 cm³/mol. The van der Waals surface area contributed by atoms with Crippen molar-refractivity contribution in [2.45, 2.75) is 56.3 Å². The second kappa shape index (κ2) is 17.3. The van der Waals surface area contributed by atoms with Crippen LogP contribution in [0.2, 0.25) is 0 Å². The van der Waals surface area contributed by atoms with Crippen molar-refractivity contribution < 1.29 is 114 Å². The fourth-order valence-electron chi connectivity index (χ4n) is 6.35. The van der Waals surface area contributed by atoms with Crippen molar-refractivity contribution >= 4 is 38.2 Å². The van der Waals surface area contributed by atoms with Gasteiger partial charge in [0.05, 0.1) is 44.5 Å². The van der Waals surface area contributed by atoms with Crippen molar-refractivity contribution in [3.05, 3.63) is 117 Å². The SMILES string of the molecule is CCO[S+](C)(C)=O.FC(F)(F)c1cc([B-](c2cc(C(F)(F)F)cc(C(F)(F)F)c2)(c2cc(C(F)(F)F)cc(C(F)(F)F)c2)c2cc(C(F)(F)F)cc(C(F)(F)F)c2)cc(C(F)(F)F)c1. The highest BCUT2D eigenvalue weighted by Gasteiger charge is 2.47. The first-order chi connectivity index (χ1) is 28.3. The molecule has 356 valence electrons. The minimum atomic E-state index is -6.13. The Hall–Kier alpha value is -4.63. The van der Waals surface area contributed by atoms with Crippen molar-refractivity contribution in [3.63, 3.8) is 0 Å². The van der Waals surface area contributed by atoms with Gasteiger partial charge in [0.25, 0.3) is 0 Å².